The highest BCUT2D eigenvalue weighted by Gasteiger charge is 2.20. The van der Waals surface area contributed by atoms with Gasteiger partial charge in [-0.2, -0.15) is 0 Å². The molecule has 1 fully saturated rings. The number of aliphatic hydroxyl groups excluding tert-OH is 1. The molecule has 0 aliphatic heterocycles. The molecular formula is C11H22N2O2. The van der Waals surface area contributed by atoms with Crippen molar-refractivity contribution in [2.45, 2.75) is 51.2 Å². The van der Waals surface area contributed by atoms with Gasteiger partial charge in [0.2, 0.25) is 5.91 Å². The predicted molar refractivity (Wildman–Crippen MR) is 59.2 cm³/mol. The number of carbonyl (C=O) groups is 1. The lowest BCUT2D eigenvalue weighted by atomic mass is 9.87. The van der Waals surface area contributed by atoms with Gasteiger partial charge in [-0.05, 0) is 38.6 Å². The Labute approximate surface area is 91.2 Å². The van der Waals surface area contributed by atoms with Crippen LogP contribution in [0.5, 0.6) is 0 Å². The highest BCUT2D eigenvalue weighted by Crippen LogP contribution is 2.23. The third-order valence-electron chi connectivity index (χ3n) is 3.02. The Hall–Kier alpha value is -0.610. The Kier molecular flexibility index (Phi) is 5.05. The normalized spacial score (nSPS) is 28.7. The predicted octanol–water partition coefficient (Wildman–Crippen LogP) is 0.391. The maximum absolute atomic E-state index is 10.7. The van der Waals surface area contributed by atoms with Gasteiger partial charge in [-0.3, -0.25) is 4.79 Å². The van der Waals surface area contributed by atoms with E-state index in [4.69, 9.17) is 5.73 Å². The molecule has 3 atom stereocenters. The lowest BCUT2D eigenvalue weighted by molar-refractivity contribution is -0.118. The molecule has 4 N–H and O–H groups in total. The summed E-state index contributed by atoms with van der Waals surface area (Å²) in [6, 6.07) is 0.140. The third-order valence-corrected chi connectivity index (χ3v) is 3.02. The highest BCUT2D eigenvalue weighted by atomic mass is 16.3. The number of nitrogens with one attached hydrogen (secondary N) is 1. The van der Waals surface area contributed by atoms with Gasteiger partial charge in [0.05, 0.1) is 6.10 Å². The molecule has 0 aromatic rings. The fourth-order valence-corrected chi connectivity index (χ4v) is 2.19. The van der Waals surface area contributed by atoms with Crippen LogP contribution < -0.4 is 11.1 Å². The number of carbonyl (C=O) groups excluding carboxylic acids is 1. The summed E-state index contributed by atoms with van der Waals surface area (Å²) in [5, 5.41) is 12.8. The third kappa shape index (κ3) is 5.14. The lowest BCUT2D eigenvalue weighted by Gasteiger charge is -2.27. The molecule has 0 aromatic heterocycles. The van der Waals surface area contributed by atoms with Crippen LogP contribution in [0.2, 0.25) is 0 Å². The van der Waals surface area contributed by atoms with E-state index in [-0.39, 0.29) is 18.1 Å². The van der Waals surface area contributed by atoms with Crippen LogP contribution in [0.3, 0.4) is 0 Å². The molecule has 0 radical (unpaired) electrons. The zero-order valence-corrected chi connectivity index (χ0v) is 9.41. The molecule has 0 spiro atoms. The first-order valence-electron chi connectivity index (χ1n) is 5.77. The molecule has 1 aliphatic rings. The second-order valence-electron chi connectivity index (χ2n) is 4.67. The van der Waals surface area contributed by atoms with Gasteiger partial charge in [0.1, 0.15) is 0 Å². The molecule has 4 nitrogen and oxygen atoms in total. The molecule has 4 heteroatoms. The summed E-state index contributed by atoms with van der Waals surface area (Å²) in [5.74, 6) is 0.280. The molecule has 1 aliphatic carbocycles. The first kappa shape index (κ1) is 12.5. The van der Waals surface area contributed by atoms with Crippen LogP contribution in [0.25, 0.3) is 0 Å². The first-order valence-corrected chi connectivity index (χ1v) is 5.77. The molecule has 0 bridgehead atoms. The van der Waals surface area contributed by atoms with Crippen molar-refractivity contribution in [2.75, 3.05) is 6.54 Å². The van der Waals surface area contributed by atoms with E-state index in [0.717, 1.165) is 25.8 Å². The molecule has 3 unspecified atom stereocenters. The Morgan fingerprint density at radius 3 is 2.93 bits per heavy atom. The molecule has 1 saturated carbocycles. The molecule has 88 valence electrons. The van der Waals surface area contributed by atoms with E-state index in [0.29, 0.717) is 12.3 Å². The van der Waals surface area contributed by atoms with Crippen molar-refractivity contribution >= 4 is 5.91 Å². The number of hydrogen-bond donors (Lipinski definition) is 3. The zero-order valence-electron chi connectivity index (χ0n) is 9.41. The summed E-state index contributed by atoms with van der Waals surface area (Å²) in [4.78, 5) is 10.7. The number of nitrogens with two attached hydrogens (primary N) is 1. The van der Waals surface area contributed by atoms with Crippen molar-refractivity contribution in [3.63, 3.8) is 0 Å². The van der Waals surface area contributed by atoms with E-state index in [9.17, 15) is 9.90 Å². The van der Waals surface area contributed by atoms with E-state index in [2.05, 4.69) is 5.32 Å². The van der Waals surface area contributed by atoms with Gasteiger partial charge in [0.15, 0.2) is 0 Å². The molecule has 15 heavy (non-hydrogen) atoms. The minimum Gasteiger partial charge on any atom is -0.393 e. The fourth-order valence-electron chi connectivity index (χ4n) is 2.19. The summed E-state index contributed by atoms with van der Waals surface area (Å²) in [5.41, 5.74) is 5.11. The van der Waals surface area contributed by atoms with Crippen LogP contribution in [0.1, 0.15) is 39.0 Å². The van der Waals surface area contributed by atoms with Gasteiger partial charge in [0.25, 0.3) is 0 Å². The van der Waals surface area contributed by atoms with E-state index in [1.807, 2.05) is 6.92 Å². The SMILES string of the molecule is CC(CC(N)=O)NCC1CCCC(O)C1. The second kappa shape index (κ2) is 6.08. The van der Waals surface area contributed by atoms with Crippen LogP contribution in [0, 0.1) is 5.92 Å². The Balaban J connectivity index is 2.15. The van der Waals surface area contributed by atoms with Crippen LogP contribution >= 0.6 is 0 Å². The maximum atomic E-state index is 10.7. The Morgan fingerprint density at radius 2 is 2.33 bits per heavy atom. The van der Waals surface area contributed by atoms with Gasteiger partial charge in [-0.15, -0.1) is 0 Å². The average Bonchev–Trinajstić information content (AvgIpc) is 2.14. The van der Waals surface area contributed by atoms with Gasteiger partial charge < -0.3 is 16.2 Å². The standard InChI is InChI=1S/C11H22N2O2/c1-8(5-11(12)15)13-7-9-3-2-4-10(14)6-9/h8-10,13-14H,2-7H2,1H3,(H2,12,15). The van der Waals surface area contributed by atoms with Gasteiger partial charge in [-0.25, -0.2) is 0 Å². The molecule has 0 aromatic carbocycles. The van der Waals surface area contributed by atoms with Crippen LogP contribution in [-0.4, -0.2) is 29.7 Å². The van der Waals surface area contributed by atoms with Crippen molar-refractivity contribution in [3.05, 3.63) is 0 Å². The highest BCUT2D eigenvalue weighted by molar-refractivity contribution is 5.74. The van der Waals surface area contributed by atoms with E-state index < -0.39 is 0 Å². The van der Waals surface area contributed by atoms with E-state index in [1.54, 1.807) is 0 Å². The molecule has 1 rings (SSSR count). The molecule has 0 saturated heterocycles. The minimum absolute atomic E-state index is 0.128. The second-order valence-corrected chi connectivity index (χ2v) is 4.67. The molecular weight excluding hydrogens is 192 g/mol. The zero-order chi connectivity index (χ0) is 11.3. The largest absolute Gasteiger partial charge is 0.393 e. The van der Waals surface area contributed by atoms with Crippen molar-refractivity contribution in [1.29, 1.82) is 0 Å². The summed E-state index contributed by atoms with van der Waals surface area (Å²) in [7, 11) is 0. The quantitative estimate of drug-likeness (QED) is 0.619. The van der Waals surface area contributed by atoms with Gasteiger partial charge in [-0.1, -0.05) is 6.42 Å². The topological polar surface area (TPSA) is 75.4 Å². The average molecular weight is 214 g/mol. The van der Waals surface area contributed by atoms with Crippen LogP contribution in [0.4, 0.5) is 0 Å². The maximum Gasteiger partial charge on any atom is 0.218 e. The van der Waals surface area contributed by atoms with Gasteiger partial charge >= 0.3 is 0 Å². The summed E-state index contributed by atoms with van der Waals surface area (Å²) in [6.45, 7) is 2.84. The number of hydrogen-bond acceptors (Lipinski definition) is 3. The number of aliphatic hydroxyl groups is 1. The summed E-state index contributed by atoms with van der Waals surface area (Å²) < 4.78 is 0. The monoisotopic (exact) mass is 214 g/mol. The number of rotatable bonds is 5. The number of amides is 1. The van der Waals surface area contributed by atoms with Crippen molar-refractivity contribution < 1.29 is 9.90 Å². The molecule has 1 amide bonds. The lowest BCUT2D eigenvalue weighted by Crippen LogP contribution is -2.36. The van der Waals surface area contributed by atoms with Gasteiger partial charge in [0, 0.05) is 12.5 Å². The van der Waals surface area contributed by atoms with Crippen LogP contribution in [-0.2, 0) is 4.79 Å². The fraction of sp³-hybridized carbons (Fsp3) is 0.909. The summed E-state index contributed by atoms with van der Waals surface area (Å²) in [6.07, 6.45) is 4.36. The minimum atomic E-state index is -0.265. The van der Waals surface area contributed by atoms with E-state index >= 15 is 0 Å². The van der Waals surface area contributed by atoms with Crippen molar-refractivity contribution in [1.82, 2.24) is 5.32 Å². The Bertz CT molecular complexity index is 209. The van der Waals surface area contributed by atoms with Crippen molar-refractivity contribution in [3.8, 4) is 0 Å². The molecule has 0 heterocycles. The summed E-state index contributed by atoms with van der Waals surface area (Å²) >= 11 is 0. The van der Waals surface area contributed by atoms with Crippen molar-refractivity contribution in [2.24, 2.45) is 11.7 Å². The Morgan fingerprint density at radius 1 is 1.60 bits per heavy atom. The first-order chi connectivity index (χ1) is 7.08. The van der Waals surface area contributed by atoms with E-state index in [1.165, 1.54) is 6.42 Å². The number of primary amides is 1. The smallest absolute Gasteiger partial charge is 0.218 e. The van der Waals surface area contributed by atoms with Crippen LogP contribution in [0.15, 0.2) is 0 Å².